The first-order valence-corrected chi connectivity index (χ1v) is 9.24. The van der Waals surface area contributed by atoms with Crippen LogP contribution in [0.15, 0.2) is 0 Å². The number of amides is 4. The van der Waals surface area contributed by atoms with E-state index in [9.17, 15) is 19.2 Å². The van der Waals surface area contributed by atoms with Crippen molar-refractivity contribution >= 4 is 35.6 Å². The average molecular weight is 355 g/mol. The second kappa shape index (κ2) is 7.00. The molecule has 4 amide bonds. The Morgan fingerprint density at radius 1 is 1.25 bits per heavy atom. The number of hydroxylamine groups is 2. The summed E-state index contributed by atoms with van der Waals surface area (Å²) in [4.78, 5) is 52.7. The zero-order valence-corrected chi connectivity index (χ0v) is 14.3. The van der Waals surface area contributed by atoms with E-state index >= 15 is 0 Å². The summed E-state index contributed by atoms with van der Waals surface area (Å²) in [5.74, 6) is -0.527. The van der Waals surface area contributed by atoms with Gasteiger partial charge in [-0.3, -0.25) is 9.59 Å². The van der Waals surface area contributed by atoms with Crippen LogP contribution in [-0.4, -0.2) is 63.9 Å². The van der Waals surface area contributed by atoms with E-state index in [0.717, 1.165) is 18.6 Å². The highest BCUT2D eigenvalue weighted by atomic mass is 32.2. The van der Waals surface area contributed by atoms with Crippen LogP contribution in [0.4, 0.5) is 4.79 Å². The zero-order chi connectivity index (χ0) is 17.3. The Labute approximate surface area is 144 Å². The molecule has 0 radical (unpaired) electrons. The SMILES string of the molecule is CN1C(=O)N[C@H]2C(CCCCC(=O)ON3C(=O)CCC3=O)SC[C@H]21. The van der Waals surface area contributed by atoms with Gasteiger partial charge in [0.25, 0.3) is 11.8 Å². The van der Waals surface area contributed by atoms with Crippen LogP contribution in [0.5, 0.6) is 0 Å². The second-order valence-electron chi connectivity index (χ2n) is 6.32. The lowest BCUT2D eigenvalue weighted by atomic mass is 10.0. The molecule has 3 heterocycles. The molecule has 3 aliphatic rings. The topological polar surface area (TPSA) is 96.0 Å². The molecule has 0 aliphatic carbocycles. The van der Waals surface area contributed by atoms with Crippen LogP contribution in [0, 0.1) is 0 Å². The maximum absolute atomic E-state index is 11.7. The number of thioether (sulfide) groups is 1. The molecular formula is C15H21N3O5S. The van der Waals surface area contributed by atoms with Crippen LogP contribution >= 0.6 is 11.8 Å². The van der Waals surface area contributed by atoms with Gasteiger partial charge in [-0.1, -0.05) is 6.42 Å². The van der Waals surface area contributed by atoms with Crippen molar-refractivity contribution in [2.24, 2.45) is 0 Å². The molecule has 0 aromatic rings. The Hall–Kier alpha value is -1.77. The lowest BCUT2D eigenvalue weighted by molar-refractivity contribution is -0.197. The van der Waals surface area contributed by atoms with Gasteiger partial charge in [-0.2, -0.15) is 11.8 Å². The first-order valence-electron chi connectivity index (χ1n) is 8.19. The Kier molecular flexibility index (Phi) is 4.98. The highest BCUT2D eigenvalue weighted by Crippen LogP contribution is 2.36. The van der Waals surface area contributed by atoms with Crippen molar-refractivity contribution in [1.29, 1.82) is 0 Å². The molecule has 3 fully saturated rings. The molecule has 0 bridgehead atoms. The van der Waals surface area contributed by atoms with E-state index in [0.29, 0.717) is 16.7 Å². The molecular weight excluding hydrogens is 334 g/mol. The third-order valence-corrected chi connectivity index (χ3v) is 6.21. The van der Waals surface area contributed by atoms with Gasteiger partial charge in [0, 0.05) is 37.3 Å². The Balaban J connectivity index is 1.35. The van der Waals surface area contributed by atoms with E-state index in [1.54, 1.807) is 4.90 Å². The van der Waals surface area contributed by atoms with Crippen LogP contribution in [-0.2, 0) is 19.2 Å². The molecule has 3 saturated heterocycles. The van der Waals surface area contributed by atoms with Crippen molar-refractivity contribution in [1.82, 2.24) is 15.3 Å². The van der Waals surface area contributed by atoms with Gasteiger partial charge in [-0.25, -0.2) is 9.59 Å². The Bertz CT molecular complexity index is 553. The van der Waals surface area contributed by atoms with Gasteiger partial charge < -0.3 is 15.1 Å². The molecule has 0 spiro atoms. The summed E-state index contributed by atoms with van der Waals surface area (Å²) in [6.07, 6.45) is 2.76. The smallest absolute Gasteiger partial charge is 0.332 e. The van der Waals surface area contributed by atoms with Gasteiger partial charge in [-0.15, -0.1) is 5.06 Å². The minimum absolute atomic E-state index is 0.0150. The summed E-state index contributed by atoms with van der Waals surface area (Å²) in [5, 5.41) is 3.97. The second-order valence-corrected chi connectivity index (χ2v) is 7.59. The molecule has 3 atom stereocenters. The van der Waals surface area contributed by atoms with Crippen LogP contribution in [0.25, 0.3) is 0 Å². The highest BCUT2D eigenvalue weighted by molar-refractivity contribution is 8.00. The van der Waals surface area contributed by atoms with E-state index in [1.807, 2.05) is 18.8 Å². The predicted octanol–water partition coefficient (Wildman–Crippen LogP) is 0.662. The van der Waals surface area contributed by atoms with Gasteiger partial charge in [0.05, 0.1) is 12.1 Å². The minimum Gasteiger partial charge on any atom is -0.332 e. The summed E-state index contributed by atoms with van der Waals surface area (Å²) >= 11 is 1.86. The number of carbonyl (C=O) groups is 4. The number of unbranched alkanes of at least 4 members (excludes halogenated alkanes) is 1. The fourth-order valence-corrected chi connectivity index (χ4v) is 4.96. The van der Waals surface area contributed by atoms with Crippen LogP contribution in [0.2, 0.25) is 0 Å². The van der Waals surface area contributed by atoms with Gasteiger partial charge in [-0.05, 0) is 12.8 Å². The summed E-state index contributed by atoms with van der Waals surface area (Å²) in [7, 11) is 1.82. The number of nitrogens with zero attached hydrogens (tertiary/aromatic N) is 2. The van der Waals surface area contributed by atoms with Gasteiger partial charge in [0.1, 0.15) is 0 Å². The minimum atomic E-state index is -0.551. The summed E-state index contributed by atoms with van der Waals surface area (Å²) in [6.45, 7) is 0. The standard InChI is InChI=1S/C15H21N3O5S/c1-17-9-8-24-10(14(9)16-15(17)22)4-2-3-5-13(21)23-18-11(19)6-7-12(18)20/h9-10,14H,2-8H2,1H3,(H,16,22)/t9-,10?,14-/m1/s1. The van der Waals surface area contributed by atoms with E-state index < -0.39 is 17.8 Å². The Morgan fingerprint density at radius 2 is 1.96 bits per heavy atom. The van der Waals surface area contributed by atoms with Crippen LogP contribution < -0.4 is 5.32 Å². The number of nitrogens with one attached hydrogen (secondary N) is 1. The van der Waals surface area contributed by atoms with Gasteiger partial charge in [0.15, 0.2) is 0 Å². The average Bonchev–Trinajstić information content (AvgIpc) is 3.17. The van der Waals surface area contributed by atoms with Gasteiger partial charge >= 0.3 is 12.0 Å². The lowest BCUT2D eigenvalue weighted by Gasteiger charge is -2.17. The molecule has 0 aromatic heterocycles. The maximum Gasteiger partial charge on any atom is 0.333 e. The van der Waals surface area contributed by atoms with Crippen molar-refractivity contribution in [3.63, 3.8) is 0 Å². The van der Waals surface area contributed by atoms with E-state index in [-0.39, 0.29) is 37.4 Å². The summed E-state index contributed by atoms with van der Waals surface area (Å²) in [6, 6.07) is 0.419. The quantitative estimate of drug-likeness (QED) is 0.427. The van der Waals surface area contributed by atoms with Gasteiger partial charge in [0.2, 0.25) is 0 Å². The largest absolute Gasteiger partial charge is 0.333 e. The number of urea groups is 1. The van der Waals surface area contributed by atoms with Crippen molar-refractivity contribution in [3.05, 3.63) is 0 Å². The fourth-order valence-electron chi connectivity index (χ4n) is 3.30. The monoisotopic (exact) mass is 355 g/mol. The van der Waals surface area contributed by atoms with Crippen LogP contribution in [0.3, 0.4) is 0 Å². The molecule has 1 N–H and O–H groups in total. The van der Waals surface area contributed by atoms with E-state index in [2.05, 4.69) is 5.32 Å². The van der Waals surface area contributed by atoms with Crippen molar-refractivity contribution in [2.45, 2.75) is 55.9 Å². The molecule has 0 saturated carbocycles. The lowest BCUT2D eigenvalue weighted by Crippen LogP contribution is -2.37. The van der Waals surface area contributed by atoms with Crippen molar-refractivity contribution in [2.75, 3.05) is 12.8 Å². The van der Waals surface area contributed by atoms with Crippen LogP contribution in [0.1, 0.15) is 38.5 Å². The summed E-state index contributed by atoms with van der Waals surface area (Å²) < 4.78 is 0. The maximum atomic E-state index is 11.7. The highest BCUT2D eigenvalue weighted by Gasteiger charge is 2.46. The van der Waals surface area contributed by atoms with Crippen molar-refractivity contribution in [3.8, 4) is 0 Å². The zero-order valence-electron chi connectivity index (χ0n) is 13.5. The first-order chi connectivity index (χ1) is 11.5. The van der Waals surface area contributed by atoms with E-state index in [4.69, 9.17) is 4.84 Å². The number of imide groups is 1. The third-order valence-electron chi connectivity index (χ3n) is 4.72. The predicted molar refractivity (Wildman–Crippen MR) is 85.8 cm³/mol. The Morgan fingerprint density at radius 3 is 2.67 bits per heavy atom. The molecule has 132 valence electrons. The molecule has 8 nitrogen and oxygen atoms in total. The molecule has 9 heteroatoms. The molecule has 0 aromatic carbocycles. The number of likely N-dealkylation sites (N-methyl/N-ethyl adjacent to an activating group) is 1. The molecule has 3 rings (SSSR count). The number of hydrogen-bond donors (Lipinski definition) is 1. The number of rotatable bonds is 6. The normalized spacial score (nSPS) is 29.2. The fraction of sp³-hybridized carbons (Fsp3) is 0.733. The number of hydrogen-bond acceptors (Lipinski definition) is 6. The molecule has 24 heavy (non-hydrogen) atoms. The first kappa shape index (κ1) is 17.1. The molecule has 1 unspecified atom stereocenters. The molecule has 3 aliphatic heterocycles. The summed E-state index contributed by atoms with van der Waals surface area (Å²) in [5.41, 5.74) is 0. The number of fused-ring (bicyclic) bond motifs is 1. The third kappa shape index (κ3) is 3.35. The van der Waals surface area contributed by atoms with E-state index in [1.165, 1.54) is 0 Å². The number of carbonyl (C=O) groups excluding carboxylic acids is 4. The van der Waals surface area contributed by atoms with Crippen molar-refractivity contribution < 1.29 is 24.0 Å².